The number of hydrogen-bond acceptors (Lipinski definition) is 1. The van der Waals surface area contributed by atoms with Crippen molar-refractivity contribution in [2.45, 2.75) is 6.54 Å². The standard InChI is InChI=1S/C8H10IN3.ClH/c9-7-3-1-2-6(4-7)5-12-8(10)11;/h1-4H,5H2,(H4,10,11,12);1H. The highest BCUT2D eigenvalue weighted by Crippen LogP contribution is 2.08. The molecule has 0 aliphatic heterocycles. The maximum Gasteiger partial charge on any atom is 0.186 e. The van der Waals surface area contributed by atoms with Crippen LogP contribution in [0, 0.1) is 3.57 Å². The van der Waals surface area contributed by atoms with Crippen LogP contribution in [0.3, 0.4) is 0 Å². The highest BCUT2D eigenvalue weighted by molar-refractivity contribution is 14.1. The van der Waals surface area contributed by atoms with Crippen LogP contribution in [0.1, 0.15) is 5.56 Å². The Morgan fingerprint density at radius 1 is 1.38 bits per heavy atom. The van der Waals surface area contributed by atoms with Gasteiger partial charge in [0.1, 0.15) is 0 Å². The summed E-state index contributed by atoms with van der Waals surface area (Å²) in [6.07, 6.45) is 0. The maximum atomic E-state index is 5.20. The zero-order valence-corrected chi connectivity index (χ0v) is 9.88. The molecule has 0 saturated carbocycles. The topological polar surface area (TPSA) is 64.4 Å². The van der Waals surface area contributed by atoms with Crippen molar-refractivity contribution in [2.24, 2.45) is 16.5 Å². The fourth-order valence-electron chi connectivity index (χ4n) is 0.818. The van der Waals surface area contributed by atoms with E-state index in [4.69, 9.17) is 11.5 Å². The average Bonchev–Trinajstić information content (AvgIpc) is 2.01. The van der Waals surface area contributed by atoms with E-state index in [-0.39, 0.29) is 18.4 Å². The summed E-state index contributed by atoms with van der Waals surface area (Å²) in [6, 6.07) is 8.06. The molecule has 0 bridgehead atoms. The van der Waals surface area contributed by atoms with Gasteiger partial charge in [-0.1, -0.05) is 12.1 Å². The Hall–Kier alpha value is -0.490. The number of aliphatic imine (C=N–C) groups is 1. The summed E-state index contributed by atoms with van der Waals surface area (Å²) in [7, 11) is 0. The fraction of sp³-hybridized carbons (Fsp3) is 0.125. The molecule has 0 atom stereocenters. The van der Waals surface area contributed by atoms with Crippen molar-refractivity contribution in [1.82, 2.24) is 0 Å². The first kappa shape index (κ1) is 12.5. The van der Waals surface area contributed by atoms with Crippen molar-refractivity contribution in [3.8, 4) is 0 Å². The second-order valence-corrected chi connectivity index (χ2v) is 3.62. The summed E-state index contributed by atoms with van der Waals surface area (Å²) in [5.74, 6) is 0.133. The SMILES string of the molecule is Cl.NC(N)=NCc1cccc(I)c1. The lowest BCUT2D eigenvalue weighted by molar-refractivity contribution is 1.05. The van der Waals surface area contributed by atoms with Gasteiger partial charge < -0.3 is 11.5 Å². The third-order valence-corrected chi connectivity index (χ3v) is 2.00. The van der Waals surface area contributed by atoms with Gasteiger partial charge in [0, 0.05) is 3.57 Å². The predicted octanol–water partition coefficient (Wildman–Crippen LogP) is 1.49. The molecule has 3 nitrogen and oxygen atoms in total. The van der Waals surface area contributed by atoms with E-state index in [2.05, 4.69) is 27.6 Å². The third-order valence-electron chi connectivity index (χ3n) is 1.33. The highest BCUT2D eigenvalue weighted by Gasteiger charge is 1.91. The zero-order valence-electron chi connectivity index (χ0n) is 6.90. The van der Waals surface area contributed by atoms with E-state index in [9.17, 15) is 0 Å². The van der Waals surface area contributed by atoms with Crippen LogP contribution in [0.15, 0.2) is 29.3 Å². The molecule has 0 amide bonds. The van der Waals surface area contributed by atoms with Crippen LogP contribution in [0.4, 0.5) is 0 Å². The number of nitrogens with zero attached hydrogens (tertiary/aromatic N) is 1. The quantitative estimate of drug-likeness (QED) is 0.494. The minimum absolute atomic E-state index is 0. The van der Waals surface area contributed by atoms with E-state index >= 15 is 0 Å². The average molecular weight is 312 g/mol. The minimum atomic E-state index is 0. The van der Waals surface area contributed by atoms with Crippen molar-refractivity contribution in [2.75, 3.05) is 0 Å². The Bertz CT molecular complexity index is 297. The van der Waals surface area contributed by atoms with Crippen molar-refractivity contribution in [3.63, 3.8) is 0 Å². The smallest absolute Gasteiger partial charge is 0.186 e. The Labute approximate surface area is 97.2 Å². The molecule has 72 valence electrons. The van der Waals surface area contributed by atoms with E-state index in [0.717, 1.165) is 5.56 Å². The second-order valence-electron chi connectivity index (χ2n) is 2.37. The number of halogens is 2. The van der Waals surface area contributed by atoms with Crippen LogP contribution >= 0.6 is 35.0 Å². The van der Waals surface area contributed by atoms with E-state index < -0.39 is 0 Å². The molecule has 0 aromatic heterocycles. The van der Waals surface area contributed by atoms with Gasteiger partial charge in [-0.3, -0.25) is 0 Å². The van der Waals surface area contributed by atoms with Crippen LogP contribution in [-0.2, 0) is 6.54 Å². The normalized spacial score (nSPS) is 8.69. The Morgan fingerprint density at radius 2 is 2.08 bits per heavy atom. The number of benzene rings is 1. The van der Waals surface area contributed by atoms with Crippen molar-refractivity contribution >= 4 is 41.0 Å². The molecule has 13 heavy (non-hydrogen) atoms. The van der Waals surface area contributed by atoms with Gasteiger partial charge in [0.25, 0.3) is 0 Å². The molecule has 0 heterocycles. The van der Waals surface area contributed by atoms with Gasteiger partial charge in [-0.15, -0.1) is 12.4 Å². The summed E-state index contributed by atoms with van der Waals surface area (Å²) in [6.45, 7) is 0.555. The Morgan fingerprint density at radius 3 is 2.62 bits per heavy atom. The van der Waals surface area contributed by atoms with Crippen LogP contribution in [0.2, 0.25) is 0 Å². The molecule has 0 spiro atoms. The number of guanidine groups is 1. The highest BCUT2D eigenvalue weighted by atomic mass is 127. The monoisotopic (exact) mass is 311 g/mol. The molecular formula is C8H11ClIN3. The van der Waals surface area contributed by atoms with Gasteiger partial charge in [0.2, 0.25) is 0 Å². The van der Waals surface area contributed by atoms with E-state index in [1.54, 1.807) is 0 Å². The van der Waals surface area contributed by atoms with Crippen molar-refractivity contribution in [3.05, 3.63) is 33.4 Å². The first-order valence-corrected chi connectivity index (χ1v) is 4.56. The van der Waals surface area contributed by atoms with Crippen LogP contribution in [0.25, 0.3) is 0 Å². The summed E-state index contributed by atoms with van der Waals surface area (Å²) in [5, 5.41) is 0. The molecule has 1 aromatic carbocycles. The summed E-state index contributed by atoms with van der Waals surface area (Å²) in [5.41, 5.74) is 11.5. The Balaban J connectivity index is 0.00000144. The van der Waals surface area contributed by atoms with Gasteiger partial charge >= 0.3 is 0 Å². The van der Waals surface area contributed by atoms with Gasteiger partial charge in [0.05, 0.1) is 6.54 Å². The molecule has 0 aliphatic rings. The third kappa shape index (κ3) is 4.94. The minimum Gasteiger partial charge on any atom is -0.370 e. The molecule has 0 aliphatic carbocycles. The molecule has 5 heteroatoms. The van der Waals surface area contributed by atoms with Crippen LogP contribution in [-0.4, -0.2) is 5.96 Å². The van der Waals surface area contributed by atoms with Gasteiger partial charge in [-0.05, 0) is 40.3 Å². The number of hydrogen-bond donors (Lipinski definition) is 2. The van der Waals surface area contributed by atoms with Gasteiger partial charge in [-0.2, -0.15) is 0 Å². The number of rotatable bonds is 2. The van der Waals surface area contributed by atoms with E-state index in [1.165, 1.54) is 3.57 Å². The summed E-state index contributed by atoms with van der Waals surface area (Å²) >= 11 is 2.25. The molecule has 0 unspecified atom stereocenters. The molecule has 4 N–H and O–H groups in total. The largest absolute Gasteiger partial charge is 0.370 e. The van der Waals surface area contributed by atoms with E-state index in [1.807, 2.05) is 24.3 Å². The fourth-order valence-corrected chi connectivity index (χ4v) is 1.43. The molecule has 0 radical (unpaired) electrons. The van der Waals surface area contributed by atoms with Crippen LogP contribution < -0.4 is 11.5 Å². The van der Waals surface area contributed by atoms with Gasteiger partial charge in [0.15, 0.2) is 5.96 Å². The lowest BCUT2D eigenvalue weighted by Gasteiger charge is -1.97. The zero-order chi connectivity index (χ0) is 8.97. The predicted molar refractivity (Wildman–Crippen MR) is 65.9 cm³/mol. The lowest BCUT2D eigenvalue weighted by atomic mass is 10.2. The summed E-state index contributed by atoms with van der Waals surface area (Å²) in [4.78, 5) is 3.90. The van der Waals surface area contributed by atoms with E-state index in [0.29, 0.717) is 6.54 Å². The Kier molecular flexibility index (Phi) is 5.81. The second kappa shape index (κ2) is 6.04. The first-order valence-electron chi connectivity index (χ1n) is 3.48. The van der Waals surface area contributed by atoms with Crippen molar-refractivity contribution in [1.29, 1.82) is 0 Å². The maximum absolute atomic E-state index is 5.20. The lowest BCUT2D eigenvalue weighted by Crippen LogP contribution is -2.22. The first-order chi connectivity index (χ1) is 5.68. The summed E-state index contributed by atoms with van der Waals surface area (Å²) < 4.78 is 1.19. The van der Waals surface area contributed by atoms with Crippen molar-refractivity contribution < 1.29 is 0 Å². The number of nitrogens with two attached hydrogens (primary N) is 2. The van der Waals surface area contributed by atoms with Gasteiger partial charge in [-0.25, -0.2) is 4.99 Å². The molecular weight excluding hydrogens is 300 g/mol. The molecule has 0 saturated heterocycles. The molecule has 1 rings (SSSR count). The molecule has 1 aromatic rings. The molecule has 0 fully saturated rings. The van der Waals surface area contributed by atoms with Crippen LogP contribution in [0.5, 0.6) is 0 Å².